The molecule has 3 heterocycles. The van der Waals surface area contributed by atoms with E-state index in [0.29, 0.717) is 48.0 Å². The Bertz CT molecular complexity index is 1470. The van der Waals surface area contributed by atoms with E-state index in [1.54, 1.807) is 24.3 Å². The van der Waals surface area contributed by atoms with Crippen molar-refractivity contribution in [1.82, 2.24) is 19.3 Å². The molecule has 1 saturated carbocycles. The van der Waals surface area contributed by atoms with Gasteiger partial charge in [-0.15, -0.1) is 0 Å². The minimum absolute atomic E-state index is 0.142. The normalized spacial score (nSPS) is 19.1. The summed E-state index contributed by atoms with van der Waals surface area (Å²) in [5.41, 5.74) is 3.16. The van der Waals surface area contributed by atoms with Gasteiger partial charge in [-0.3, -0.25) is 14.0 Å². The van der Waals surface area contributed by atoms with Gasteiger partial charge < -0.3 is 19.4 Å². The minimum Gasteiger partial charge on any atom is -0.496 e. The van der Waals surface area contributed by atoms with Crippen molar-refractivity contribution in [2.75, 3.05) is 26.8 Å². The van der Waals surface area contributed by atoms with Crippen molar-refractivity contribution >= 4 is 22.5 Å². The van der Waals surface area contributed by atoms with Crippen LogP contribution in [0.4, 0.5) is 0 Å². The molecular weight excluding hydrogens is 456 g/mol. The zero-order chi connectivity index (χ0) is 24.6. The number of carbonyl (C=O) groups is 1. The Morgan fingerprint density at radius 3 is 2.69 bits per heavy atom. The number of nitrogens with zero attached hydrogens (tertiary/aromatic N) is 3. The smallest absolute Gasteiger partial charge is 0.274 e. The van der Waals surface area contributed by atoms with Crippen LogP contribution in [-0.4, -0.2) is 52.0 Å². The fourth-order valence-electron chi connectivity index (χ4n) is 5.68. The van der Waals surface area contributed by atoms with Crippen molar-refractivity contribution in [3.8, 4) is 5.75 Å². The van der Waals surface area contributed by atoms with Gasteiger partial charge in [0.1, 0.15) is 23.2 Å². The maximum absolute atomic E-state index is 13.7. The van der Waals surface area contributed by atoms with E-state index in [1.165, 1.54) is 19.3 Å². The number of benzene rings is 2. The molecule has 0 radical (unpaired) electrons. The van der Waals surface area contributed by atoms with Crippen molar-refractivity contribution in [1.29, 1.82) is 0 Å². The summed E-state index contributed by atoms with van der Waals surface area (Å²) >= 11 is 0. The molecule has 4 aromatic rings. The topological polar surface area (TPSA) is 88.9 Å². The van der Waals surface area contributed by atoms with Gasteiger partial charge in [-0.05, 0) is 24.5 Å². The highest BCUT2D eigenvalue weighted by Crippen LogP contribution is 2.34. The predicted molar refractivity (Wildman–Crippen MR) is 137 cm³/mol. The highest BCUT2D eigenvalue weighted by atomic mass is 16.5. The van der Waals surface area contributed by atoms with Crippen LogP contribution >= 0.6 is 0 Å². The number of hydrogen-bond acceptors (Lipinski definition) is 5. The lowest BCUT2D eigenvalue weighted by atomic mass is 9.88. The number of fused-ring (bicyclic) bond motifs is 3. The molecule has 1 saturated heterocycles. The van der Waals surface area contributed by atoms with Gasteiger partial charge in [0, 0.05) is 18.5 Å². The van der Waals surface area contributed by atoms with E-state index in [4.69, 9.17) is 9.47 Å². The molecule has 1 amide bonds. The van der Waals surface area contributed by atoms with Gasteiger partial charge >= 0.3 is 0 Å². The molecule has 1 aliphatic heterocycles. The van der Waals surface area contributed by atoms with Gasteiger partial charge in [-0.1, -0.05) is 49.6 Å². The third-order valence-electron chi connectivity index (χ3n) is 7.55. The standard InChI is InChI=1S/C28H30N4O4/c1-35-24-15-22-21(30-27(33)23-16-29-26(32(22)23)19-10-6-3-7-11-19)14-20(24)28(34)31-12-13-36-25(17-31)18-8-4-2-5-9-18/h2,4-5,8-9,14-16,19,25H,3,6-7,10-13,17H2,1H3,(H,30,33). The summed E-state index contributed by atoms with van der Waals surface area (Å²) in [5, 5.41) is 0. The Morgan fingerprint density at radius 1 is 1.11 bits per heavy atom. The van der Waals surface area contributed by atoms with Crippen LogP contribution in [0.25, 0.3) is 16.6 Å². The van der Waals surface area contributed by atoms with E-state index in [1.807, 2.05) is 40.8 Å². The summed E-state index contributed by atoms with van der Waals surface area (Å²) in [6, 6.07) is 13.5. The molecule has 1 N–H and O–H groups in total. The largest absolute Gasteiger partial charge is 0.496 e. The lowest BCUT2D eigenvalue weighted by Crippen LogP contribution is -2.42. The molecule has 1 unspecified atom stereocenters. The van der Waals surface area contributed by atoms with Gasteiger partial charge in [0.05, 0.1) is 43.1 Å². The van der Waals surface area contributed by atoms with Crippen molar-refractivity contribution in [3.05, 3.63) is 76.0 Å². The molecule has 8 nitrogen and oxygen atoms in total. The number of aromatic amines is 1. The van der Waals surface area contributed by atoms with Gasteiger partial charge in [0.25, 0.3) is 11.5 Å². The van der Waals surface area contributed by atoms with Crippen LogP contribution in [0, 0.1) is 0 Å². The molecule has 1 atom stereocenters. The molecule has 2 aliphatic rings. The molecule has 2 aromatic heterocycles. The molecule has 0 spiro atoms. The Balaban J connectivity index is 1.41. The number of imidazole rings is 1. The molecule has 6 rings (SSSR count). The summed E-state index contributed by atoms with van der Waals surface area (Å²) in [7, 11) is 1.57. The number of carbonyl (C=O) groups excluding carboxylic acids is 1. The summed E-state index contributed by atoms with van der Waals surface area (Å²) < 4.78 is 13.6. The average Bonchev–Trinajstić information content (AvgIpc) is 3.39. The Hall–Kier alpha value is -3.65. The maximum atomic E-state index is 13.7. The van der Waals surface area contributed by atoms with E-state index in [2.05, 4.69) is 9.97 Å². The number of hydrogen-bond donors (Lipinski definition) is 1. The third-order valence-corrected chi connectivity index (χ3v) is 7.55. The van der Waals surface area contributed by atoms with Crippen molar-refractivity contribution in [2.24, 2.45) is 0 Å². The fraction of sp³-hybridized carbons (Fsp3) is 0.393. The Morgan fingerprint density at radius 2 is 1.92 bits per heavy atom. The third kappa shape index (κ3) is 3.95. The number of nitrogens with one attached hydrogen (secondary N) is 1. The monoisotopic (exact) mass is 486 g/mol. The Labute approximate surface area is 208 Å². The molecule has 2 aromatic carbocycles. The quantitative estimate of drug-likeness (QED) is 0.461. The highest BCUT2D eigenvalue weighted by molar-refractivity contribution is 6.00. The minimum atomic E-state index is -0.212. The summed E-state index contributed by atoms with van der Waals surface area (Å²) in [4.78, 5) is 36.1. The van der Waals surface area contributed by atoms with Crippen molar-refractivity contribution < 1.29 is 14.3 Å². The molecule has 1 aliphatic carbocycles. The van der Waals surface area contributed by atoms with E-state index in [-0.39, 0.29) is 17.6 Å². The van der Waals surface area contributed by atoms with E-state index in [9.17, 15) is 9.59 Å². The molecule has 2 fully saturated rings. The summed E-state index contributed by atoms with van der Waals surface area (Å²) in [6.07, 6.45) is 7.21. The van der Waals surface area contributed by atoms with Gasteiger partial charge in [0.2, 0.25) is 0 Å². The molecule has 0 bridgehead atoms. The number of amides is 1. The highest BCUT2D eigenvalue weighted by Gasteiger charge is 2.29. The first-order valence-corrected chi connectivity index (χ1v) is 12.7. The van der Waals surface area contributed by atoms with Gasteiger partial charge in [0.15, 0.2) is 0 Å². The lowest BCUT2D eigenvalue weighted by Gasteiger charge is -2.33. The first-order valence-electron chi connectivity index (χ1n) is 12.7. The van der Waals surface area contributed by atoms with Crippen LogP contribution in [0.2, 0.25) is 0 Å². The number of ether oxygens (including phenoxy) is 2. The zero-order valence-corrected chi connectivity index (χ0v) is 20.4. The van der Waals surface area contributed by atoms with Crippen LogP contribution < -0.4 is 10.3 Å². The first kappa shape index (κ1) is 22.8. The van der Waals surface area contributed by atoms with E-state index < -0.39 is 0 Å². The lowest BCUT2D eigenvalue weighted by molar-refractivity contribution is -0.0229. The Kier molecular flexibility index (Phi) is 5.97. The second-order valence-electron chi connectivity index (χ2n) is 9.72. The maximum Gasteiger partial charge on any atom is 0.274 e. The molecular formula is C28H30N4O4. The second-order valence-corrected chi connectivity index (χ2v) is 9.72. The van der Waals surface area contributed by atoms with Crippen LogP contribution in [0.5, 0.6) is 5.75 Å². The number of rotatable bonds is 4. The average molecular weight is 487 g/mol. The summed E-state index contributed by atoms with van der Waals surface area (Å²) in [5.74, 6) is 1.58. The predicted octanol–water partition coefficient (Wildman–Crippen LogP) is 4.45. The van der Waals surface area contributed by atoms with Crippen molar-refractivity contribution in [3.63, 3.8) is 0 Å². The first-order chi connectivity index (χ1) is 17.6. The number of morpholine rings is 1. The van der Waals surface area contributed by atoms with Gasteiger partial charge in [-0.25, -0.2) is 4.98 Å². The molecule has 36 heavy (non-hydrogen) atoms. The molecule has 8 heteroatoms. The number of methoxy groups -OCH3 is 1. The van der Waals surface area contributed by atoms with E-state index in [0.717, 1.165) is 29.7 Å². The summed E-state index contributed by atoms with van der Waals surface area (Å²) in [6.45, 7) is 1.40. The zero-order valence-electron chi connectivity index (χ0n) is 20.4. The van der Waals surface area contributed by atoms with E-state index >= 15 is 0 Å². The second kappa shape index (κ2) is 9.43. The number of aromatic nitrogens is 3. The van der Waals surface area contributed by atoms with Crippen LogP contribution in [0.1, 0.15) is 65.9 Å². The van der Waals surface area contributed by atoms with Crippen LogP contribution in [-0.2, 0) is 4.74 Å². The van der Waals surface area contributed by atoms with Crippen LogP contribution in [0.3, 0.4) is 0 Å². The van der Waals surface area contributed by atoms with Crippen LogP contribution in [0.15, 0.2) is 53.5 Å². The molecule has 186 valence electrons. The number of H-pyrrole nitrogens is 1. The van der Waals surface area contributed by atoms with Gasteiger partial charge in [-0.2, -0.15) is 0 Å². The SMILES string of the molecule is COc1cc2c(cc1C(=O)N1CCOC(c3ccccc3)C1)[nH]c(=O)c1cnc(C3CCCCC3)n12. The van der Waals surface area contributed by atoms with Crippen molar-refractivity contribution in [2.45, 2.75) is 44.1 Å². The fourth-order valence-corrected chi connectivity index (χ4v) is 5.68.